The molecule has 7 nitrogen and oxygen atoms in total. The molecule has 30 heavy (non-hydrogen) atoms. The zero-order valence-electron chi connectivity index (χ0n) is 17.7. The molecule has 2 aromatic heterocycles. The molecule has 0 saturated carbocycles. The van der Waals surface area contributed by atoms with E-state index in [9.17, 15) is 4.79 Å². The lowest BCUT2D eigenvalue weighted by molar-refractivity contribution is 0.181. The molecule has 1 fully saturated rings. The molecular weight excluding hydrogens is 398 g/mol. The van der Waals surface area contributed by atoms with Gasteiger partial charge in [-0.25, -0.2) is 14.5 Å². The van der Waals surface area contributed by atoms with Crippen molar-refractivity contribution in [2.75, 3.05) is 26.8 Å². The van der Waals surface area contributed by atoms with Gasteiger partial charge in [-0.05, 0) is 32.9 Å². The van der Waals surface area contributed by atoms with Crippen LogP contribution in [0.5, 0.6) is 0 Å². The lowest BCUT2D eigenvalue weighted by atomic mass is 9.96. The summed E-state index contributed by atoms with van der Waals surface area (Å²) in [5.74, 6) is 1.26. The van der Waals surface area contributed by atoms with Gasteiger partial charge in [-0.15, -0.1) is 11.3 Å². The minimum atomic E-state index is -0.0251. The predicted molar refractivity (Wildman–Crippen MR) is 119 cm³/mol. The van der Waals surface area contributed by atoms with Gasteiger partial charge < -0.3 is 4.74 Å². The maximum atomic E-state index is 12.6. The number of piperidine rings is 1. The minimum Gasteiger partial charge on any atom is -0.383 e. The third-order valence-corrected chi connectivity index (χ3v) is 6.63. The molecule has 4 rings (SSSR count). The van der Waals surface area contributed by atoms with E-state index in [0.717, 1.165) is 49.0 Å². The number of methoxy groups -OCH3 is 1. The Balaban J connectivity index is 1.38. The fraction of sp³-hybridized carbons (Fsp3) is 0.500. The summed E-state index contributed by atoms with van der Waals surface area (Å²) in [6.07, 6.45) is 2.02. The van der Waals surface area contributed by atoms with Gasteiger partial charge in [0.2, 0.25) is 0 Å². The summed E-state index contributed by atoms with van der Waals surface area (Å²) in [6, 6.07) is 10.3. The van der Waals surface area contributed by atoms with E-state index in [1.807, 2.05) is 29.7 Å². The van der Waals surface area contributed by atoms with E-state index in [2.05, 4.69) is 27.5 Å². The molecule has 0 unspecified atom stereocenters. The van der Waals surface area contributed by atoms with Crippen molar-refractivity contribution in [2.24, 2.45) is 0 Å². The Labute approximate surface area is 180 Å². The maximum Gasteiger partial charge on any atom is 0.345 e. The predicted octanol–water partition coefficient (Wildman–Crippen LogP) is 3.21. The van der Waals surface area contributed by atoms with Gasteiger partial charge in [0.05, 0.1) is 18.8 Å². The highest BCUT2D eigenvalue weighted by Gasteiger charge is 2.26. The van der Waals surface area contributed by atoms with Gasteiger partial charge in [-0.1, -0.05) is 30.3 Å². The number of nitrogens with zero attached hydrogens (tertiary/aromatic N) is 5. The highest BCUT2D eigenvalue weighted by molar-refractivity contribution is 7.13. The SMILES string of the molecule is CCn1c(C2CCN(Cc3csc(-c4ccccc4)n3)CC2)nn(CCOC)c1=O. The van der Waals surface area contributed by atoms with Crippen molar-refractivity contribution >= 4 is 11.3 Å². The van der Waals surface area contributed by atoms with Crippen LogP contribution in [0, 0.1) is 0 Å². The van der Waals surface area contributed by atoms with Crippen molar-refractivity contribution in [3.63, 3.8) is 0 Å². The number of ether oxygens (including phenoxy) is 1. The van der Waals surface area contributed by atoms with Crippen molar-refractivity contribution in [2.45, 2.75) is 45.3 Å². The van der Waals surface area contributed by atoms with Crippen LogP contribution in [0.3, 0.4) is 0 Å². The van der Waals surface area contributed by atoms with Gasteiger partial charge in [-0.3, -0.25) is 9.47 Å². The highest BCUT2D eigenvalue weighted by atomic mass is 32.1. The molecular formula is C22H29N5O2S. The van der Waals surface area contributed by atoms with E-state index in [1.165, 1.54) is 5.56 Å². The molecule has 1 aromatic carbocycles. The number of benzene rings is 1. The Hall–Kier alpha value is -2.29. The van der Waals surface area contributed by atoms with Crippen LogP contribution in [-0.2, 0) is 24.4 Å². The number of aromatic nitrogens is 4. The van der Waals surface area contributed by atoms with E-state index in [4.69, 9.17) is 9.72 Å². The van der Waals surface area contributed by atoms with Gasteiger partial charge in [0, 0.05) is 37.1 Å². The number of thiazole rings is 1. The normalized spacial score (nSPS) is 15.7. The van der Waals surface area contributed by atoms with Crippen LogP contribution >= 0.6 is 11.3 Å². The topological polar surface area (TPSA) is 65.2 Å². The van der Waals surface area contributed by atoms with E-state index in [1.54, 1.807) is 23.1 Å². The second-order valence-corrected chi connectivity index (χ2v) is 8.52. The average Bonchev–Trinajstić information content (AvgIpc) is 3.37. The van der Waals surface area contributed by atoms with Crippen LogP contribution in [0.1, 0.15) is 37.2 Å². The molecule has 0 atom stereocenters. The summed E-state index contributed by atoms with van der Waals surface area (Å²) in [5.41, 5.74) is 2.28. The van der Waals surface area contributed by atoms with Crippen LogP contribution in [0.25, 0.3) is 10.6 Å². The molecule has 1 aliphatic heterocycles. The van der Waals surface area contributed by atoms with Gasteiger partial charge in [0.25, 0.3) is 0 Å². The van der Waals surface area contributed by atoms with E-state index in [-0.39, 0.29) is 5.69 Å². The maximum absolute atomic E-state index is 12.6. The number of rotatable bonds is 8. The second-order valence-electron chi connectivity index (χ2n) is 7.66. The molecule has 0 radical (unpaired) electrons. The van der Waals surface area contributed by atoms with Crippen molar-refractivity contribution < 1.29 is 4.74 Å². The van der Waals surface area contributed by atoms with Gasteiger partial charge in [0.15, 0.2) is 0 Å². The molecule has 3 heterocycles. The quantitative estimate of drug-likeness (QED) is 0.552. The zero-order valence-corrected chi connectivity index (χ0v) is 18.5. The number of likely N-dealkylation sites (tertiary alicyclic amines) is 1. The van der Waals surface area contributed by atoms with Crippen LogP contribution in [0.2, 0.25) is 0 Å². The molecule has 0 bridgehead atoms. The van der Waals surface area contributed by atoms with E-state index < -0.39 is 0 Å². The van der Waals surface area contributed by atoms with E-state index in [0.29, 0.717) is 25.6 Å². The molecule has 3 aromatic rings. The molecule has 160 valence electrons. The fourth-order valence-electron chi connectivity index (χ4n) is 4.05. The summed E-state index contributed by atoms with van der Waals surface area (Å²) < 4.78 is 8.48. The summed E-state index contributed by atoms with van der Waals surface area (Å²) >= 11 is 1.71. The van der Waals surface area contributed by atoms with Crippen molar-refractivity contribution in [1.82, 2.24) is 24.2 Å². The number of hydrogen-bond acceptors (Lipinski definition) is 6. The van der Waals surface area contributed by atoms with Gasteiger partial charge in [0.1, 0.15) is 10.8 Å². The Morgan fingerprint density at radius 2 is 1.97 bits per heavy atom. The average molecular weight is 428 g/mol. The molecule has 0 amide bonds. The van der Waals surface area contributed by atoms with E-state index >= 15 is 0 Å². The highest BCUT2D eigenvalue weighted by Crippen LogP contribution is 2.28. The van der Waals surface area contributed by atoms with Crippen molar-refractivity contribution in [3.8, 4) is 10.6 Å². The van der Waals surface area contributed by atoms with Crippen LogP contribution in [0.4, 0.5) is 0 Å². The van der Waals surface area contributed by atoms with Crippen molar-refractivity contribution in [1.29, 1.82) is 0 Å². The summed E-state index contributed by atoms with van der Waals surface area (Å²) in [6.45, 7) is 6.52. The first-order valence-electron chi connectivity index (χ1n) is 10.6. The third kappa shape index (κ3) is 4.55. The minimum absolute atomic E-state index is 0.0251. The molecule has 1 aliphatic rings. The second kappa shape index (κ2) is 9.68. The fourth-order valence-corrected chi connectivity index (χ4v) is 4.87. The molecule has 0 spiro atoms. The van der Waals surface area contributed by atoms with Crippen LogP contribution < -0.4 is 5.69 Å². The van der Waals surface area contributed by atoms with Crippen LogP contribution in [0.15, 0.2) is 40.5 Å². The summed E-state index contributed by atoms with van der Waals surface area (Å²) in [7, 11) is 1.64. The lowest BCUT2D eigenvalue weighted by Crippen LogP contribution is -2.34. The van der Waals surface area contributed by atoms with Crippen LogP contribution in [-0.4, -0.2) is 51.0 Å². The first kappa shape index (κ1) is 21.0. The first-order valence-corrected chi connectivity index (χ1v) is 11.5. The lowest BCUT2D eigenvalue weighted by Gasteiger charge is -2.30. The number of hydrogen-bond donors (Lipinski definition) is 0. The molecule has 1 saturated heterocycles. The molecule has 8 heteroatoms. The van der Waals surface area contributed by atoms with Crippen molar-refractivity contribution in [3.05, 3.63) is 57.7 Å². The van der Waals surface area contributed by atoms with Gasteiger partial charge in [-0.2, -0.15) is 5.10 Å². The Bertz CT molecular complexity index is 1000. The Morgan fingerprint density at radius 3 is 2.67 bits per heavy atom. The monoisotopic (exact) mass is 427 g/mol. The molecule has 0 aliphatic carbocycles. The first-order chi connectivity index (χ1) is 14.7. The Morgan fingerprint density at radius 1 is 1.20 bits per heavy atom. The zero-order chi connectivity index (χ0) is 20.9. The Kier molecular flexibility index (Phi) is 6.76. The standard InChI is InChI=1S/C22H29N5O2S/c1-3-26-20(24-27(22(26)28)13-14-29-2)17-9-11-25(12-10-17)15-19-16-30-21(23-19)18-7-5-4-6-8-18/h4-8,16-17H,3,9-15H2,1-2H3. The van der Waals surface area contributed by atoms with Gasteiger partial charge >= 0.3 is 5.69 Å². The molecule has 0 N–H and O–H groups in total. The summed E-state index contributed by atoms with van der Waals surface area (Å²) in [5, 5.41) is 7.89. The smallest absolute Gasteiger partial charge is 0.345 e. The third-order valence-electron chi connectivity index (χ3n) is 5.69. The summed E-state index contributed by atoms with van der Waals surface area (Å²) in [4.78, 5) is 19.9. The largest absolute Gasteiger partial charge is 0.383 e.